The third-order valence-electron chi connectivity index (χ3n) is 5.53. The molecule has 0 spiro atoms. The third kappa shape index (κ3) is 5.66. The number of nitrogens with one attached hydrogen (secondary N) is 2. The number of benzene rings is 1. The summed E-state index contributed by atoms with van der Waals surface area (Å²) in [5, 5.41) is 8.26. The van der Waals surface area contributed by atoms with Crippen molar-refractivity contribution < 1.29 is 9.59 Å². The fraction of sp³-hybridized carbons (Fsp3) is 0.522. The van der Waals surface area contributed by atoms with E-state index in [1.807, 2.05) is 17.5 Å². The van der Waals surface area contributed by atoms with Gasteiger partial charge < -0.3 is 10.6 Å². The van der Waals surface area contributed by atoms with Crippen LogP contribution in [0, 0.1) is 0 Å². The Labute approximate surface area is 177 Å². The van der Waals surface area contributed by atoms with Crippen LogP contribution in [-0.4, -0.2) is 22.8 Å². The van der Waals surface area contributed by atoms with Crippen LogP contribution in [-0.2, 0) is 10.2 Å². The van der Waals surface area contributed by atoms with Gasteiger partial charge in [-0.2, -0.15) is 0 Å². The largest absolute Gasteiger partial charge is 0.341 e. The first-order valence-corrected chi connectivity index (χ1v) is 11.3. The molecule has 0 saturated heterocycles. The van der Waals surface area contributed by atoms with Crippen LogP contribution in [0.1, 0.15) is 87.3 Å². The minimum absolute atomic E-state index is 0.0341. The molecule has 0 aliphatic heterocycles. The summed E-state index contributed by atoms with van der Waals surface area (Å²) in [6.45, 7) is 8.08. The highest BCUT2D eigenvalue weighted by Crippen LogP contribution is 2.34. The van der Waals surface area contributed by atoms with Gasteiger partial charge in [0, 0.05) is 16.9 Å². The zero-order valence-electron chi connectivity index (χ0n) is 17.7. The number of hydrogen-bond donors (Lipinski definition) is 2. The number of nitrogens with zero attached hydrogens (tertiary/aromatic N) is 1. The van der Waals surface area contributed by atoms with Crippen molar-refractivity contribution in [3.63, 3.8) is 0 Å². The predicted molar refractivity (Wildman–Crippen MR) is 119 cm³/mol. The minimum atomic E-state index is -0.646. The van der Waals surface area contributed by atoms with Gasteiger partial charge in [0.05, 0.1) is 5.69 Å². The van der Waals surface area contributed by atoms with E-state index in [1.54, 1.807) is 19.1 Å². The number of thiazole rings is 1. The van der Waals surface area contributed by atoms with Crippen LogP contribution < -0.4 is 10.6 Å². The molecule has 0 radical (unpaired) electrons. The molecule has 1 aliphatic rings. The highest BCUT2D eigenvalue weighted by atomic mass is 32.1. The number of carbonyl (C=O) groups excluding carboxylic acids is 2. The van der Waals surface area contributed by atoms with Gasteiger partial charge in [-0.3, -0.25) is 9.59 Å². The number of amides is 2. The molecule has 2 aromatic rings. The summed E-state index contributed by atoms with van der Waals surface area (Å²) in [6, 6.07) is 6.88. The van der Waals surface area contributed by atoms with Crippen LogP contribution in [0.15, 0.2) is 29.6 Å². The lowest BCUT2D eigenvalue weighted by Gasteiger charge is -2.19. The zero-order chi connectivity index (χ0) is 21.0. The summed E-state index contributed by atoms with van der Waals surface area (Å²) < 4.78 is 0. The molecule has 1 aromatic carbocycles. The Morgan fingerprint density at radius 1 is 1.10 bits per heavy atom. The molecule has 1 fully saturated rings. The number of anilines is 1. The van der Waals surface area contributed by atoms with Gasteiger partial charge >= 0.3 is 0 Å². The predicted octanol–water partition coefficient (Wildman–Crippen LogP) is 5.25. The van der Waals surface area contributed by atoms with E-state index in [9.17, 15) is 9.59 Å². The van der Waals surface area contributed by atoms with E-state index in [2.05, 4.69) is 36.4 Å². The van der Waals surface area contributed by atoms with Crippen molar-refractivity contribution in [1.82, 2.24) is 10.3 Å². The lowest BCUT2D eigenvalue weighted by Crippen LogP contribution is -2.41. The summed E-state index contributed by atoms with van der Waals surface area (Å²) >= 11 is 1.45. The number of aromatic nitrogens is 1. The summed E-state index contributed by atoms with van der Waals surface area (Å²) in [7, 11) is 0. The Morgan fingerprint density at radius 2 is 1.76 bits per heavy atom. The molecular formula is C23H31N3O2S. The Kier molecular flexibility index (Phi) is 6.73. The summed E-state index contributed by atoms with van der Waals surface area (Å²) in [6.07, 6.45) is 6.17. The number of hydrogen-bond acceptors (Lipinski definition) is 4. The van der Waals surface area contributed by atoms with Crippen molar-refractivity contribution in [2.24, 2.45) is 0 Å². The molecule has 1 aromatic heterocycles. The van der Waals surface area contributed by atoms with Crippen molar-refractivity contribution in [2.45, 2.75) is 77.2 Å². The summed E-state index contributed by atoms with van der Waals surface area (Å²) in [4.78, 5) is 29.6. The second kappa shape index (κ2) is 9.08. The molecule has 2 amide bonds. The average molecular weight is 414 g/mol. The normalized spacial score (nSPS) is 16.3. The van der Waals surface area contributed by atoms with Crippen LogP contribution in [0.2, 0.25) is 0 Å². The van der Waals surface area contributed by atoms with Gasteiger partial charge in [-0.15, -0.1) is 11.3 Å². The highest BCUT2D eigenvalue weighted by molar-refractivity contribution is 7.13. The van der Waals surface area contributed by atoms with Gasteiger partial charge in [-0.1, -0.05) is 52.2 Å². The maximum absolute atomic E-state index is 12.5. The van der Waals surface area contributed by atoms with E-state index in [0.717, 1.165) is 11.3 Å². The molecule has 1 heterocycles. The quantitative estimate of drug-likeness (QED) is 0.704. The van der Waals surface area contributed by atoms with Gasteiger partial charge in [0.2, 0.25) is 5.91 Å². The van der Waals surface area contributed by atoms with Gasteiger partial charge in [-0.25, -0.2) is 4.98 Å². The van der Waals surface area contributed by atoms with Crippen molar-refractivity contribution >= 4 is 28.3 Å². The van der Waals surface area contributed by atoms with Crippen molar-refractivity contribution in [3.8, 4) is 0 Å². The maximum Gasteiger partial charge on any atom is 0.251 e. The molecule has 29 heavy (non-hydrogen) atoms. The molecular weight excluding hydrogens is 382 g/mol. The molecule has 1 saturated carbocycles. The molecule has 6 heteroatoms. The van der Waals surface area contributed by atoms with Crippen molar-refractivity contribution in [2.75, 3.05) is 5.32 Å². The van der Waals surface area contributed by atoms with Crippen LogP contribution in [0.25, 0.3) is 0 Å². The first kappa shape index (κ1) is 21.5. The molecule has 1 unspecified atom stereocenters. The first-order valence-electron chi connectivity index (χ1n) is 10.4. The molecule has 156 valence electrons. The summed E-state index contributed by atoms with van der Waals surface area (Å²) in [5.41, 5.74) is 2.83. The minimum Gasteiger partial charge on any atom is -0.341 e. The van der Waals surface area contributed by atoms with E-state index in [1.165, 1.54) is 43.4 Å². The van der Waals surface area contributed by atoms with Crippen molar-refractivity contribution in [3.05, 3.63) is 46.5 Å². The van der Waals surface area contributed by atoms with E-state index in [0.29, 0.717) is 16.6 Å². The molecule has 1 atom stereocenters. The highest BCUT2D eigenvalue weighted by Gasteiger charge is 2.21. The Bertz CT molecular complexity index is 846. The van der Waals surface area contributed by atoms with Gasteiger partial charge in [0.15, 0.2) is 5.13 Å². The lowest BCUT2D eigenvalue weighted by molar-refractivity contribution is -0.117. The van der Waals surface area contributed by atoms with E-state index >= 15 is 0 Å². The van der Waals surface area contributed by atoms with Gasteiger partial charge in [-0.05, 0) is 42.9 Å². The fourth-order valence-electron chi connectivity index (χ4n) is 3.61. The second-order valence-corrected chi connectivity index (χ2v) is 9.78. The van der Waals surface area contributed by atoms with Gasteiger partial charge in [0.1, 0.15) is 6.04 Å². The second-order valence-electron chi connectivity index (χ2n) is 8.92. The Morgan fingerprint density at radius 3 is 2.38 bits per heavy atom. The van der Waals surface area contributed by atoms with Crippen LogP contribution >= 0.6 is 11.3 Å². The topological polar surface area (TPSA) is 71.1 Å². The third-order valence-corrected chi connectivity index (χ3v) is 6.31. The SMILES string of the molecule is CC(NC(=O)c1ccc(C(C)(C)C)cc1)C(=O)Nc1nc(C2CCCCC2)cs1. The maximum atomic E-state index is 12.5. The zero-order valence-corrected chi connectivity index (χ0v) is 18.6. The molecule has 1 aliphatic carbocycles. The monoisotopic (exact) mass is 413 g/mol. The number of carbonyl (C=O) groups is 2. The fourth-order valence-corrected chi connectivity index (χ4v) is 4.41. The number of rotatable bonds is 5. The van der Waals surface area contributed by atoms with Crippen LogP contribution in [0.3, 0.4) is 0 Å². The molecule has 2 N–H and O–H groups in total. The van der Waals surface area contributed by atoms with E-state index < -0.39 is 6.04 Å². The van der Waals surface area contributed by atoms with E-state index in [4.69, 9.17) is 0 Å². The lowest BCUT2D eigenvalue weighted by atomic mass is 9.86. The van der Waals surface area contributed by atoms with Crippen LogP contribution in [0.4, 0.5) is 5.13 Å². The Hall–Kier alpha value is -2.21. The molecule has 5 nitrogen and oxygen atoms in total. The summed E-state index contributed by atoms with van der Waals surface area (Å²) in [5.74, 6) is 0.00296. The molecule has 3 rings (SSSR count). The Balaban J connectivity index is 1.55. The van der Waals surface area contributed by atoms with E-state index in [-0.39, 0.29) is 17.2 Å². The first-order chi connectivity index (χ1) is 13.7. The molecule has 0 bridgehead atoms. The van der Waals surface area contributed by atoms with Gasteiger partial charge in [0.25, 0.3) is 5.91 Å². The standard InChI is InChI=1S/C23H31N3O2S/c1-15(24-21(28)17-10-12-18(13-11-17)23(2,3)4)20(27)26-22-25-19(14-29-22)16-8-6-5-7-9-16/h10-16H,5-9H2,1-4H3,(H,24,28)(H,25,26,27). The average Bonchev–Trinajstić information content (AvgIpc) is 3.16. The smallest absolute Gasteiger partial charge is 0.251 e. The van der Waals surface area contributed by atoms with Crippen LogP contribution in [0.5, 0.6) is 0 Å². The van der Waals surface area contributed by atoms with Crippen molar-refractivity contribution in [1.29, 1.82) is 0 Å².